The highest BCUT2D eigenvalue weighted by atomic mass is 15.2. The van der Waals surface area contributed by atoms with Crippen LogP contribution in [0.5, 0.6) is 0 Å². The molecular formula is C17H26N2. The third kappa shape index (κ3) is 2.79. The van der Waals surface area contributed by atoms with Crippen LogP contribution in [0.25, 0.3) is 0 Å². The predicted octanol–water partition coefficient (Wildman–Crippen LogP) is 3.42. The number of nitrogens with one attached hydrogen (secondary N) is 1. The maximum Gasteiger partial charge on any atom is 0.0412 e. The molecule has 1 aromatic carbocycles. The van der Waals surface area contributed by atoms with Crippen molar-refractivity contribution in [2.45, 2.75) is 45.7 Å². The monoisotopic (exact) mass is 258 g/mol. The van der Waals surface area contributed by atoms with Gasteiger partial charge in [0.1, 0.15) is 0 Å². The molecule has 1 aliphatic carbocycles. The predicted molar refractivity (Wildman–Crippen MR) is 81.5 cm³/mol. The van der Waals surface area contributed by atoms with E-state index in [0.29, 0.717) is 12.0 Å². The third-order valence-electron chi connectivity index (χ3n) is 4.81. The van der Waals surface area contributed by atoms with Crippen LogP contribution in [0.15, 0.2) is 24.3 Å². The Labute approximate surface area is 117 Å². The number of hydrogen-bond acceptors (Lipinski definition) is 2. The van der Waals surface area contributed by atoms with Crippen LogP contribution in [0.2, 0.25) is 0 Å². The summed E-state index contributed by atoms with van der Waals surface area (Å²) in [5.41, 5.74) is 2.93. The summed E-state index contributed by atoms with van der Waals surface area (Å²) < 4.78 is 0. The lowest BCUT2D eigenvalue weighted by molar-refractivity contribution is 0.309. The standard InChI is InChI=1S/C17H26N2/c1-13(2)16-12-19(11-14-6-5-7-14)17-9-4-3-8-15(17)10-18-16/h3-4,8-9,13-14,16,18H,5-7,10-12H2,1-2H3. The van der Waals surface area contributed by atoms with Gasteiger partial charge >= 0.3 is 0 Å². The van der Waals surface area contributed by atoms with Gasteiger partial charge in [0, 0.05) is 31.4 Å². The van der Waals surface area contributed by atoms with Gasteiger partial charge in [0.15, 0.2) is 0 Å². The Kier molecular flexibility index (Phi) is 3.79. The number of hydrogen-bond donors (Lipinski definition) is 1. The first-order valence-electron chi connectivity index (χ1n) is 7.80. The van der Waals surface area contributed by atoms with E-state index in [1.165, 1.54) is 37.1 Å². The molecule has 104 valence electrons. The van der Waals surface area contributed by atoms with Crippen molar-refractivity contribution in [1.29, 1.82) is 0 Å². The minimum Gasteiger partial charge on any atom is -0.369 e. The van der Waals surface area contributed by atoms with Crippen molar-refractivity contribution < 1.29 is 0 Å². The third-order valence-corrected chi connectivity index (χ3v) is 4.81. The van der Waals surface area contributed by atoms with Crippen LogP contribution in [-0.2, 0) is 6.54 Å². The van der Waals surface area contributed by atoms with Crippen molar-refractivity contribution in [3.63, 3.8) is 0 Å². The molecule has 0 aromatic heterocycles. The van der Waals surface area contributed by atoms with Crippen LogP contribution < -0.4 is 10.2 Å². The summed E-state index contributed by atoms with van der Waals surface area (Å²) in [6, 6.07) is 9.53. The minimum atomic E-state index is 0.604. The molecule has 1 atom stereocenters. The van der Waals surface area contributed by atoms with Gasteiger partial charge in [-0.25, -0.2) is 0 Å². The molecule has 0 amide bonds. The fourth-order valence-electron chi connectivity index (χ4n) is 3.22. The number of rotatable bonds is 3. The average Bonchev–Trinajstić information content (AvgIpc) is 2.54. The summed E-state index contributed by atoms with van der Waals surface area (Å²) in [4.78, 5) is 2.64. The Hall–Kier alpha value is -1.02. The highest BCUT2D eigenvalue weighted by molar-refractivity contribution is 5.54. The van der Waals surface area contributed by atoms with Crippen LogP contribution >= 0.6 is 0 Å². The van der Waals surface area contributed by atoms with Gasteiger partial charge in [-0.1, -0.05) is 38.5 Å². The van der Waals surface area contributed by atoms with Crippen molar-refractivity contribution in [2.24, 2.45) is 11.8 Å². The quantitative estimate of drug-likeness (QED) is 0.893. The van der Waals surface area contributed by atoms with E-state index in [1.807, 2.05) is 0 Å². The van der Waals surface area contributed by atoms with Crippen LogP contribution in [0.1, 0.15) is 38.7 Å². The number of benzene rings is 1. The van der Waals surface area contributed by atoms with E-state index in [0.717, 1.165) is 19.0 Å². The van der Waals surface area contributed by atoms with E-state index >= 15 is 0 Å². The summed E-state index contributed by atoms with van der Waals surface area (Å²) in [6.07, 6.45) is 4.29. The smallest absolute Gasteiger partial charge is 0.0412 e. The Morgan fingerprint density at radius 3 is 2.74 bits per heavy atom. The van der Waals surface area contributed by atoms with Gasteiger partial charge in [-0.15, -0.1) is 0 Å². The summed E-state index contributed by atoms with van der Waals surface area (Å²) in [5.74, 6) is 1.62. The summed E-state index contributed by atoms with van der Waals surface area (Å²) >= 11 is 0. The SMILES string of the molecule is CC(C)C1CN(CC2CCC2)c2ccccc2CN1. The Bertz CT molecular complexity index is 423. The van der Waals surface area contributed by atoms with Crippen LogP contribution in [0, 0.1) is 11.8 Å². The molecule has 0 radical (unpaired) electrons. The van der Waals surface area contributed by atoms with Gasteiger partial charge in [-0.3, -0.25) is 0 Å². The molecule has 1 fully saturated rings. The van der Waals surface area contributed by atoms with Crippen molar-refractivity contribution >= 4 is 5.69 Å². The number of fused-ring (bicyclic) bond motifs is 1. The molecule has 0 bridgehead atoms. The normalized spacial score (nSPS) is 23.9. The lowest BCUT2D eigenvalue weighted by Gasteiger charge is -2.35. The zero-order chi connectivity index (χ0) is 13.2. The largest absolute Gasteiger partial charge is 0.369 e. The molecule has 19 heavy (non-hydrogen) atoms. The van der Waals surface area contributed by atoms with Crippen LogP contribution in [-0.4, -0.2) is 19.1 Å². The average molecular weight is 258 g/mol. The van der Waals surface area contributed by atoms with E-state index in [1.54, 1.807) is 0 Å². The number of anilines is 1. The van der Waals surface area contributed by atoms with Gasteiger partial charge in [-0.05, 0) is 36.3 Å². The van der Waals surface area contributed by atoms with Gasteiger partial charge < -0.3 is 10.2 Å². The minimum absolute atomic E-state index is 0.604. The summed E-state index contributed by atoms with van der Waals surface area (Å²) in [5, 5.41) is 3.73. The second-order valence-electron chi connectivity index (χ2n) is 6.56. The molecule has 1 unspecified atom stereocenters. The molecule has 2 nitrogen and oxygen atoms in total. The zero-order valence-electron chi connectivity index (χ0n) is 12.2. The Morgan fingerprint density at radius 2 is 2.05 bits per heavy atom. The van der Waals surface area contributed by atoms with Gasteiger partial charge in [0.2, 0.25) is 0 Å². The van der Waals surface area contributed by atoms with Crippen molar-refractivity contribution in [1.82, 2.24) is 5.32 Å². The summed E-state index contributed by atoms with van der Waals surface area (Å²) in [6.45, 7) is 8.08. The van der Waals surface area contributed by atoms with E-state index in [2.05, 4.69) is 48.3 Å². The van der Waals surface area contributed by atoms with E-state index in [9.17, 15) is 0 Å². The molecule has 1 N–H and O–H groups in total. The first-order chi connectivity index (χ1) is 9.24. The molecule has 0 spiro atoms. The molecule has 0 saturated heterocycles. The van der Waals surface area contributed by atoms with E-state index in [-0.39, 0.29) is 0 Å². The maximum atomic E-state index is 3.73. The van der Waals surface area contributed by atoms with E-state index in [4.69, 9.17) is 0 Å². The van der Waals surface area contributed by atoms with Gasteiger partial charge in [0.25, 0.3) is 0 Å². The highest BCUT2D eigenvalue weighted by Crippen LogP contribution is 2.31. The molecule has 1 aliphatic heterocycles. The topological polar surface area (TPSA) is 15.3 Å². The second kappa shape index (κ2) is 5.54. The first kappa shape index (κ1) is 13.0. The Balaban J connectivity index is 1.82. The number of para-hydroxylation sites is 1. The molecule has 2 heteroatoms. The fourth-order valence-corrected chi connectivity index (χ4v) is 3.22. The number of nitrogens with zero attached hydrogens (tertiary/aromatic N) is 1. The lowest BCUT2D eigenvalue weighted by atomic mass is 9.85. The highest BCUT2D eigenvalue weighted by Gasteiger charge is 2.27. The van der Waals surface area contributed by atoms with Crippen molar-refractivity contribution in [3.8, 4) is 0 Å². The van der Waals surface area contributed by atoms with Crippen LogP contribution in [0.4, 0.5) is 5.69 Å². The Morgan fingerprint density at radius 1 is 1.26 bits per heavy atom. The molecule has 2 aliphatic rings. The van der Waals surface area contributed by atoms with Crippen molar-refractivity contribution in [3.05, 3.63) is 29.8 Å². The fraction of sp³-hybridized carbons (Fsp3) is 0.647. The van der Waals surface area contributed by atoms with Gasteiger partial charge in [0.05, 0.1) is 0 Å². The second-order valence-corrected chi connectivity index (χ2v) is 6.56. The zero-order valence-corrected chi connectivity index (χ0v) is 12.2. The van der Waals surface area contributed by atoms with Gasteiger partial charge in [-0.2, -0.15) is 0 Å². The molecule has 3 rings (SSSR count). The van der Waals surface area contributed by atoms with Crippen LogP contribution in [0.3, 0.4) is 0 Å². The maximum absolute atomic E-state index is 3.73. The molecule has 1 heterocycles. The molecule has 1 aromatic rings. The first-order valence-corrected chi connectivity index (χ1v) is 7.80. The van der Waals surface area contributed by atoms with E-state index < -0.39 is 0 Å². The molecule has 1 saturated carbocycles. The lowest BCUT2D eigenvalue weighted by Crippen LogP contribution is -2.43. The van der Waals surface area contributed by atoms with Crippen molar-refractivity contribution in [2.75, 3.05) is 18.0 Å². The molecular weight excluding hydrogens is 232 g/mol. The summed E-state index contributed by atoms with van der Waals surface area (Å²) in [7, 11) is 0.